The maximum absolute atomic E-state index is 6.76. The third-order valence-corrected chi connectivity index (χ3v) is 15.2. The van der Waals surface area contributed by atoms with Crippen LogP contribution in [0.1, 0.15) is 22.3 Å². The van der Waals surface area contributed by atoms with Crippen LogP contribution in [-0.4, -0.2) is 14.5 Å². The smallest absolute Gasteiger partial charge is 0.236 e. The van der Waals surface area contributed by atoms with Crippen LogP contribution in [-0.2, 0) is 5.41 Å². The van der Waals surface area contributed by atoms with E-state index in [0.717, 1.165) is 44.2 Å². The number of hydrogen-bond acceptors (Lipinski definition) is 4. The van der Waals surface area contributed by atoms with Crippen LogP contribution in [0.25, 0.3) is 105 Å². The lowest BCUT2D eigenvalue weighted by Gasteiger charge is -2.39. The van der Waals surface area contributed by atoms with Crippen molar-refractivity contribution in [1.82, 2.24) is 14.5 Å². The topological polar surface area (TPSA) is 43.9 Å². The summed E-state index contributed by atoms with van der Waals surface area (Å²) in [5.74, 6) is 0.605. The molecule has 0 saturated carbocycles. The molecule has 1 aliphatic heterocycles. The van der Waals surface area contributed by atoms with Gasteiger partial charge >= 0.3 is 0 Å². The quantitative estimate of drug-likeness (QED) is 0.163. The average molecular weight is 832 g/mol. The van der Waals surface area contributed by atoms with Gasteiger partial charge in [-0.2, -0.15) is 0 Å². The molecule has 1 spiro atoms. The van der Waals surface area contributed by atoms with Crippen molar-refractivity contribution in [3.63, 3.8) is 0 Å². The molecular weight excluding hydrogens is 799 g/mol. The van der Waals surface area contributed by atoms with Crippen molar-refractivity contribution in [2.24, 2.45) is 0 Å². The van der Waals surface area contributed by atoms with Crippen molar-refractivity contribution in [1.29, 1.82) is 0 Å². The van der Waals surface area contributed by atoms with Gasteiger partial charge in [0.1, 0.15) is 16.8 Å². The molecule has 0 amide bonds. The van der Waals surface area contributed by atoms with Gasteiger partial charge in [0.05, 0.1) is 16.4 Å². The highest BCUT2D eigenvalue weighted by molar-refractivity contribution is 7.99. The van der Waals surface area contributed by atoms with Crippen LogP contribution >= 0.6 is 11.8 Å². The lowest BCUT2D eigenvalue weighted by Crippen LogP contribution is -2.32. The first-order valence-electron chi connectivity index (χ1n) is 21.8. The van der Waals surface area contributed by atoms with Gasteiger partial charge in [-0.3, -0.25) is 4.57 Å². The van der Waals surface area contributed by atoms with Crippen molar-refractivity contribution >= 4 is 88.0 Å². The van der Waals surface area contributed by atoms with E-state index in [1.54, 1.807) is 0 Å². The highest BCUT2D eigenvalue weighted by Gasteiger charge is 2.50. The molecule has 15 rings (SSSR count). The Morgan fingerprint density at radius 2 is 0.984 bits per heavy atom. The molecule has 0 unspecified atom stereocenters. The Hall–Kier alpha value is -7.99. The summed E-state index contributed by atoms with van der Waals surface area (Å²) in [6.45, 7) is 0. The molecule has 0 fully saturated rings. The van der Waals surface area contributed by atoms with E-state index in [9.17, 15) is 0 Å². The van der Waals surface area contributed by atoms with Gasteiger partial charge < -0.3 is 4.42 Å². The summed E-state index contributed by atoms with van der Waals surface area (Å²) in [6, 6.07) is 73.0. The first kappa shape index (κ1) is 34.6. The molecule has 4 nitrogen and oxygen atoms in total. The number of hydrogen-bond donors (Lipinski definition) is 0. The van der Waals surface area contributed by atoms with Crippen LogP contribution in [0.4, 0.5) is 0 Å². The monoisotopic (exact) mass is 831 g/mol. The van der Waals surface area contributed by atoms with Crippen LogP contribution in [0.15, 0.2) is 214 Å². The predicted octanol–water partition coefficient (Wildman–Crippen LogP) is 15.4. The summed E-state index contributed by atoms with van der Waals surface area (Å²) >= 11 is 1.87. The average Bonchev–Trinajstić information content (AvgIpc) is 4.00. The van der Waals surface area contributed by atoms with Gasteiger partial charge in [0.2, 0.25) is 5.95 Å². The van der Waals surface area contributed by atoms with E-state index in [1.807, 2.05) is 23.9 Å². The van der Waals surface area contributed by atoms with Gasteiger partial charge in [-0.25, -0.2) is 9.97 Å². The van der Waals surface area contributed by atoms with Gasteiger partial charge in [-0.1, -0.05) is 169 Å². The molecule has 0 radical (unpaired) electrons. The van der Waals surface area contributed by atoms with Crippen LogP contribution in [0.5, 0.6) is 0 Å². The fourth-order valence-corrected chi connectivity index (χ4v) is 12.7. The van der Waals surface area contributed by atoms with E-state index in [0.29, 0.717) is 11.5 Å². The molecule has 64 heavy (non-hydrogen) atoms. The normalized spacial score (nSPS) is 13.7. The summed E-state index contributed by atoms with van der Waals surface area (Å²) in [7, 11) is 0. The minimum absolute atomic E-state index is 0.519. The van der Waals surface area contributed by atoms with Crippen LogP contribution in [0.3, 0.4) is 0 Å². The molecule has 0 bridgehead atoms. The Morgan fingerprint density at radius 1 is 0.406 bits per heavy atom. The summed E-state index contributed by atoms with van der Waals surface area (Å²) in [4.78, 5) is 13.7. The first-order valence-corrected chi connectivity index (χ1v) is 22.6. The van der Waals surface area contributed by atoms with E-state index in [2.05, 4.69) is 193 Å². The molecule has 5 heteroatoms. The van der Waals surface area contributed by atoms with E-state index in [1.165, 1.54) is 80.9 Å². The lowest BCUT2D eigenvalue weighted by atomic mass is 9.67. The lowest BCUT2D eigenvalue weighted by molar-refractivity contribution is 0.666. The number of aromatic nitrogens is 3. The summed E-state index contributed by atoms with van der Waals surface area (Å²) < 4.78 is 9.05. The van der Waals surface area contributed by atoms with Crippen molar-refractivity contribution in [3.05, 3.63) is 222 Å². The maximum Gasteiger partial charge on any atom is 0.236 e. The number of fused-ring (bicyclic) bond motifs is 21. The van der Waals surface area contributed by atoms with Gasteiger partial charge in [0.15, 0.2) is 5.58 Å². The highest BCUT2D eigenvalue weighted by atomic mass is 32.2. The second kappa shape index (κ2) is 12.6. The highest BCUT2D eigenvalue weighted by Crippen LogP contribution is 2.62. The first-order chi connectivity index (χ1) is 31.7. The molecule has 3 aromatic heterocycles. The molecule has 4 heterocycles. The van der Waals surface area contributed by atoms with Crippen molar-refractivity contribution < 1.29 is 4.42 Å². The van der Waals surface area contributed by atoms with Crippen molar-refractivity contribution in [2.75, 3.05) is 0 Å². The Bertz CT molecular complexity index is 4120. The zero-order valence-electron chi connectivity index (χ0n) is 34.2. The van der Waals surface area contributed by atoms with Crippen LogP contribution in [0, 0.1) is 0 Å². The molecular formula is C59H33N3OS. The second-order valence-electron chi connectivity index (χ2n) is 17.2. The molecule has 0 N–H and O–H groups in total. The SMILES string of the molecule is c1ccc2c(c1)Sc1cc3c4ccccc4n(-c4nc(-c5ccc6c7ccccc7c7ccccc7c6c5)c5oc6ccccc6c5n4)c3cc1C21c2ccccc2-c2ccccc21. The fourth-order valence-electron chi connectivity index (χ4n) is 11.5. The van der Waals surface area contributed by atoms with E-state index >= 15 is 0 Å². The number of benzene rings is 10. The summed E-state index contributed by atoms with van der Waals surface area (Å²) in [6.07, 6.45) is 0. The van der Waals surface area contributed by atoms with Crippen molar-refractivity contribution in [2.45, 2.75) is 15.2 Å². The van der Waals surface area contributed by atoms with E-state index in [-0.39, 0.29) is 0 Å². The zero-order chi connectivity index (χ0) is 41.7. The summed E-state index contributed by atoms with van der Waals surface area (Å²) in [5, 5.41) is 10.6. The molecule has 1 aliphatic carbocycles. The molecule has 0 saturated heterocycles. The fraction of sp³-hybridized carbons (Fsp3) is 0.0169. The number of rotatable bonds is 2. The van der Waals surface area contributed by atoms with Crippen LogP contribution < -0.4 is 0 Å². The van der Waals surface area contributed by atoms with Gasteiger partial charge in [-0.05, 0) is 108 Å². The number of nitrogens with zero attached hydrogens (tertiary/aromatic N) is 3. The molecule has 2 aliphatic rings. The minimum Gasteiger partial charge on any atom is -0.452 e. The molecule has 10 aromatic carbocycles. The third-order valence-electron chi connectivity index (χ3n) is 14.1. The maximum atomic E-state index is 6.76. The number of para-hydroxylation sites is 2. The standard InChI is InChI=1S/C59H33N3OS/c1-2-17-37-35(15-1)36-16-3-4-18-38(36)44-31-34(29-30-39(37)44)55-57-56(43-22-8-13-27-52(43)63-57)61-58(60-55)62-50-26-12-7-21-42(50)45-32-54-49(33-51(45)62)59(48-25-11-14-28-53(48)64-54)46-23-9-5-19-40(46)41-20-6-10-24-47(41)59/h1-33H. The third kappa shape index (κ3) is 4.39. The molecule has 13 aromatic rings. The summed E-state index contributed by atoms with van der Waals surface area (Å²) in [5.41, 5.74) is 13.4. The Balaban J connectivity index is 1.06. The number of furan rings is 1. The van der Waals surface area contributed by atoms with E-state index < -0.39 is 5.41 Å². The molecule has 296 valence electrons. The largest absolute Gasteiger partial charge is 0.452 e. The Kier molecular flexibility index (Phi) is 6.79. The predicted molar refractivity (Wildman–Crippen MR) is 263 cm³/mol. The second-order valence-corrected chi connectivity index (χ2v) is 18.2. The van der Waals surface area contributed by atoms with Gasteiger partial charge in [-0.15, -0.1) is 0 Å². The van der Waals surface area contributed by atoms with Crippen LogP contribution in [0.2, 0.25) is 0 Å². The van der Waals surface area contributed by atoms with E-state index in [4.69, 9.17) is 14.4 Å². The Labute approximate surface area is 371 Å². The Morgan fingerprint density at radius 3 is 1.72 bits per heavy atom. The van der Waals surface area contributed by atoms with Gasteiger partial charge in [0.25, 0.3) is 0 Å². The van der Waals surface area contributed by atoms with Crippen molar-refractivity contribution in [3.8, 4) is 28.3 Å². The minimum atomic E-state index is -0.519. The van der Waals surface area contributed by atoms with Gasteiger partial charge in [0, 0.05) is 31.5 Å². The molecule has 0 atom stereocenters. The zero-order valence-corrected chi connectivity index (χ0v) is 35.0.